The van der Waals surface area contributed by atoms with Gasteiger partial charge in [-0.25, -0.2) is 0 Å². The molecule has 70 valence electrons. The van der Waals surface area contributed by atoms with Crippen LogP contribution in [0.5, 0.6) is 0 Å². The zero-order valence-electron chi connectivity index (χ0n) is 8.34. The summed E-state index contributed by atoms with van der Waals surface area (Å²) in [6.07, 6.45) is 6.20. The van der Waals surface area contributed by atoms with Gasteiger partial charge in [0, 0.05) is 24.9 Å². The van der Waals surface area contributed by atoms with Crippen molar-refractivity contribution < 1.29 is 0 Å². The zero-order valence-corrected chi connectivity index (χ0v) is 9.16. The van der Waals surface area contributed by atoms with Crippen LogP contribution in [-0.4, -0.2) is 17.6 Å². The molecular formula is C10H19NS. The molecule has 0 amide bonds. The molecule has 0 saturated heterocycles. The van der Waals surface area contributed by atoms with Crippen LogP contribution in [0.15, 0.2) is 12.3 Å². The molecule has 0 aliphatic heterocycles. The topological polar surface area (TPSA) is 3.24 Å². The van der Waals surface area contributed by atoms with Crippen molar-refractivity contribution in [3.63, 3.8) is 0 Å². The molecule has 2 heteroatoms. The van der Waals surface area contributed by atoms with E-state index in [0.717, 1.165) is 11.8 Å². The Morgan fingerprint density at radius 1 is 1.50 bits per heavy atom. The van der Waals surface area contributed by atoms with Crippen LogP contribution in [0.2, 0.25) is 0 Å². The zero-order chi connectivity index (χ0) is 9.14. The molecule has 0 aromatic heterocycles. The Kier molecular flexibility index (Phi) is 3.51. The number of hydrogen-bond donors (Lipinski definition) is 0. The second kappa shape index (κ2) is 4.22. The van der Waals surface area contributed by atoms with Crippen molar-refractivity contribution in [1.29, 1.82) is 0 Å². The molecule has 1 fully saturated rings. The fraction of sp³-hybridized carbons (Fsp3) is 0.800. The molecule has 1 aliphatic rings. The van der Waals surface area contributed by atoms with E-state index in [1.165, 1.54) is 25.0 Å². The fourth-order valence-corrected chi connectivity index (χ4v) is 2.36. The summed E-state index contributed by atoms with van der Waals surface area (Å²) in [5.41, 5.74) is 1.31. The molecule has 2 unspecified atom stereocenters. The highest BCUT2D eigenvalue weighted by atomic mass is 32.2. The lowest BCUT2D eigenvalue weighted by atomic mass is 9.95. The first-order valence-corrected chi connectivity index (χ1v) is 5.81. The highest BCUT2D eigenvalue weighted by Crippen LogP contribution is 2.37. The normalized spacial score (nSPS) is 28.9. The summed E-state index contributed by atoms with van der Waals surface area (Å²) in [7, 11) is 2.11. The molecule has 0 aromatic rings. The number of allylic oxidation sites excluding steroid dienone is 1. The summed E-state index contributed by atoms with van der Waals surface area (Å²) in [6, 6.07) is 0. The Labute approximate surface area is 80.3 Å². The van der Waals surface area contributed by atoms with E-state index in [1.54, 1.807) is 11.9 Å². The minimum Gasteiger partial charge on any atom is -0.324 e. The van der Waals surface area contributed by atoms with Gasteiger partial charge in [0.05, 0.1) is 0 Å². The van der Waals surface area contributed by atoms with Crippen molar-refractivity contribution in [2.24, 2.45) is 11.8 Å². The Bertz CT molecular complexity index is 167. The first-order valence-electron chi connectivity index (χ1n) is 4.63. The summed E-state index contributed by atoms with van der Waals surface area (Å²) < 4.78 is 2.20. The average Bonchev–Trinajstić information content (AvgIpc) is 2.48. The summed E-state index contributed by atoms with van der Waals surface area (Å²) >= 11 is 1.76. The van der Waals surface area contributed by atoms with Crippen LogP contribution >= 0.6 is 11.9 Å². The van der Waals surface area contributed by atoms with E-state index in [2.05, 4.69) is 31.1 Å². The van der Waals surface area contributed by atoms with Gasteiger partial charge in [-0.3, -0.25) is 0 Å². The molecule has 0 spiro atoms. The van der Waals surface area contributed by atoms with Crippen molar-refractivity contribution in [2.45, 2.75) is 26.2 Å². The van der Waals surface area contributed by atoms with Gasteiger partial charge in [-0.15, -0.1) is 0 Å². The lowest BCUT2D eigenvalue weighted by Crippen LogP contribution is -2.17. The number of hydrogen-bond acceptors (Lipinski definition) is 2. The highest BCUT2D eigenvalue weighted by molar-refractivity contribution is 7.96. The van der Waals surface area contributed by atoms with Gasteiger partial charge < -0.3 is 4.31 Å². The molecule has 0 aromatic carbocycles. The molecule has 1 nitrogen and oxygen atoms in total. The lowest BCUT2D eigenvalue weighted by molar-refractivity contribution is 0.424. The van der Waals surface area contributed by atoms with E-state index in [0.29, 0.717) is 0 Å². The first-order chi connectivity index (χ1) is 5.66. The van der Waals surface area contributed by atoms with Crippen LogP contribution in [0.4, 0.5) is 0 Å². The molecular weight excluding hydrogens is 166 g/mol. The predicted octanol–water partition coefficient (Wildman–Crippen LogP) is 3.15. The van der Waals surface area contributed by atoms with E-state index in [1.807, 2.05) is 0 Å². The maximum atomic E-state index is 4.16. The van der Waals surface area contributed by atoms with Crippen LogP contribution in [0, 0.1) is 11.8 Å². The van der Waals surface area contributed by atoms with Gasteiger partial charge in [-0.2, -0.15) is 0 Å². The second-order valence-electron chi connectivity index (χ2n) is 3.69. The molecule has 1 saturated carbocycles. The van der Waals surface area contributed by atoms with Crippen LogP contribution in [0.3, 0.4) is 0 Å². The van der Waals surface area contributed by atoms with Gasteiger partial charge in [0.1, 0.15) is 0 Å². The third-order valence-electron chi connectivity index (χ3n) is 2.97. The van der Waals surface area contributed by atoms with E-state index in [9.17, 15) is 0 Å². The van der Waals surface area contributed by atoms with E-state index in [4.69, 9.17) is 0 Å². The number of rotatable bonds is 3. The SMILES string of the molecule is C=C(C1CCCC1C)N(C)SC. The molecule has 0 radical (unpaired) electrons. The smallest absolute Gasteiger partial charge is 0.0200 e. The van der Waals surface area contributed by atoms with Gasteiger partial charge in [-0.05, 0) is 12.3 Å². The largest absolute Gasteiger partial charge is 0.324 e. The summed E-state index contributed by atoms with van der Waals surface area (Å²) in [5.74, 6) is 1.58. The van der Waals surface area contributed by atoms with Crippen molar-refractivity contribution in [2.75, 3.05) is 13.3 Å². The fourth-order valence-electron chi connectivity index (χ4n) is 1.99. The second-order valence-corrected chi connectivity index (χ2v) is 4.60. The lowest BCUT2D eigenvalue weighted by Gasteiger charge is -2.26. The summed E-state index contributed by atoms with van der Waals surface area (Å²) in [5, 5.41) is 0. The Balaban J connectivity index is 2.51. The van der Waals surface area contributed by atoms with Crippen molar-refractivity contribution >= 4 is 11.9 Å². The average molecular weight is 185 g/mol. The third-order valence-corrected chi connectivity index (χ3v) is 3.75. The standard InChI is InChI=1S/C10H19NS/c1-8-6-5-7-10(8)9(2)11(3)12-4/h8,10H,2,5-7H2,1,3-4H3. The Morgan fingerprint density at radius 2 is 2.17 bits per heavy atom. The van der Waals surface area contributed by atoms with E-state index < -0.39 is 0 Å². The van der Waals surface area contributed by atoms with Crippen molar-refractivity contribution in [3.05, 3.63) is 12.3 Å². The monoisotopic (exact) mass is 185 g/mol. The van der Waals surface area contributed by atoms with E-state index >= 15 is 0 Å². The molecule has 2 atom stereocenters. The number of nitrogens with zero attached hydrogens (tertiary/aromatic N) is 1. The Hall–Kier alpha value is -0.110. The predicted molar refractivity (Wildman–Crippen MR) is 56.9 cm³/mol. The van der Waals surface area contributed by atoms with Crippen LogP contribution in [-0.2, 0) is 0 Å². The van der Waals surface area contributed by atoms with Gasteiger partial charge in [0.15, 0.2) is 0 Å². The van der Waals surface area contributed by atoms with Crippen molar-refractivity contribution in [1.82, 2.24) is 4.31 Å². The molecule has 0 N–H and O–H groups in total. The Morgan fingerprint density at radius 3 is 2.58 bits per heavy atom. The van der Waals surface area contributed by atoms with Gasteiger partial charge in [-0.1, -0.05) is 38.3 Å². The summed E-state index contributed by atoms with van der Waals surface area (Å²) in [6.45, 7) is 6.51. The molecule has 12 heavy (non-hydrogen) atoms. The summed E-state index contributed by atoms with van der Waals surface area (Å²) in [4.78, 5) is 0. The molecule has 0 heterocycles. The molecule has 1 aliphatic carbocycles. The van der Waals surface area contributed by atoms with Crippen LogP contribution < -0.4 is 0 Å². The minimum atomic E-state index is 0.738. The van der Waals surface area contributed by atoms with Crippen LogP contribution in [0.1, 0.15) is 26.2 Å². The highest BCUT2D eigenvalue weighted by Gasteiger charge is 2.27. The molecule has 1 rings (SSSR count). The maximum absolute atomic E-state index is 4.16. The minimum absolute atomic E-state index is 0.738. The third kappa shape index (κ3) is 1.98. The van der Waals surface area contributed by atoms with Gasteiger partial charge >= 0.3 is 0 Å². The first kappa shape index (κ1) is 9.97. The molecule has 0 bridgehead atoms. The van der Waals surface area contributed by atoms with Gasteiger partial charge in [0.25, 0.3) is 0 Å². The maximum Gasteiger partial charge on any atom is 0.0200 e. The van der Waals surface area contributed by atoms with Crippen LogP contribution in [0.25, 0.3) is 0 Å². The van der Waals surface area contributed by atoms with E-state index in [-0.39, 0.29) is 0 Å². The van der Waals surface area contributed by atoms with Gasteiger partial charge in [0.2, 0.25) is 0 Å². The quantitative estimate of drug-likeness (QED) is 0.621. The van der Waals surface area contributed by atoms with Crippen molar-refractivity contribution in [3.8, 4) is 0 Å².